The van der Waals surface area contributed by atoms with Gasteiger partial charge in [0.15, 0.2) is 6.10 Å². The lowest BCUT2D eigenvalue weighted by molar-refractivity contribution is -0.161. The second kappa shape index (κ2) is 27.8. The number of ether oxygens (including phenoxy) is 3. The normalized spacial score (nSPS) is 17.1. The fraction of sp³-hybridized carbons (Fsp3) is 0.886. The van der Waals surface area contributed by atoms with Crippen LogP contribution in [0.15, 0.2) is 12.2 Å². The van der Waals surface area contributed by atoms with Crippen LogP contribution in [-0.2, 0) is 32.9 Å². The Morgan fingerprint density at radius 1 is 0.689 bits per heavy atom. The van der Waals surface area contributed by atoms with E-state index in [1.54, 1.807) is 0 Å². The van der Waals surface area contributed by atoms with Gasteiger partial charge in [0, 0.05) is 12.8 Å². The number of phosphoric acid groups is 1. The molecule has 0 aromatic rings. The molecule has 45 heavy (non-hydrogen) atoms. The van der Waals surface area contributed by atoms with Gasteiger partial charge in [-0.1, -0.05) is 129 Å². The molecule has 264 valence electrons. The van der Waals surface area contributed by atoms with Crippen molar-refractivity contribution in [1.29, 1.82) is 0 Å². The lowest BCUT2D eigenvalue weighted by atomic mass is 10.1. The molecule has 10 heteroatoms. The van der Waals surface area contributed by atoms with Crippen molar-refractivity contribution in [2.75, 3.05) is 13.2 Å². The van der Waals surface area contributed by atoms with Gasteiger partial charge in [-0.25, -0.2) is 4.57 Å². The number of rotatable bonds is 32. The van der Waals surface area contributed by atoms with Crippen LogP contribution < -0.4 is 0 Å². The number of phosphoric ester groups is 1. The van der Waals surface area contributed by atoms with Crippen LogP contribution in [0.1, 0.15) is 168 Å². The fourth-order valence-corrected chi connectivity index (χ4v) is 5.74. The minimum absolute atomic E-state index is 0.194. The molecule has 1 saturated heterocycles. The van der Waals surface area contributed by atoms with Crippen molar-refractivity contribution >= 4 is 19.8 Å². The smallest absolute Gasteiger partial charge is 0.462 e. The highest BCUT2D eigenvalue weighted by molar-refractivity contribution is 7.46. The highest BCUT2D eigenvalue weighted by Gasteiger charge is 2.36. The number of unbranched alkanes of at least 4 members (excludes halogenated alkanes) is 17. The predicted octanol–water partition coefficient (Wildman–Crippen LogP) is 9.28. The number of carbonyl (C=O) groups is 2. The summed E-state index contributed by atoms with van der Waals surface area (Å²) in [5.74, 6) is -0.903. The van der Waals surface area contributed by atoms with Gasteiger partial charge in [0.2, 0.25) is 0 Å². The lowest BCUT2D eigenvalue weighted by Crippen LogP contribution is -2.29. The van der Waals surface area contributed by atoms with Crippen LogP contribution in [0.25, 0.3) is 0 Å². The maximum absolute atomic E-state index is 12.3. The number of hydrogen-bond donors (Lipinski definition) is 2. The molecule has 0 saturated carbocycles. The van der Waals surface area contributed by atoms with Gasteiger partial charge < -0.3 is 24.0 Å². The highest BCUT2D eigenvalue weighted by atomic mass is 31.2. The molecule has 1 aliphatic rings. The topological polar surface area (TPSA) is 132 Å². The summed E-state index contributed by atoms with van der Waals surface area (Å²) in [5, 5.41) is 0. The van der Waals surface area contributed by atoms with Crippen molar-refractivity contribution in [3.05, 3.63) is 12.2 Å². The largest absolute Gasteiger partial charge is 0.469 e. The molecule has 1 fully saturated rings. The third-order valence-corrected chi connectivity index (χ3v) is 8.69. The Morgan fingerprint density at radius 2 is 1.22 bits per heavy atom. The van der Waals surface area contributed by atoms with Gasteiger partial charge >= 0.3 is 19.8 Å². The molecule has 2 unspecified atom stereocenters. The average Bonchev–Trinajstić information content (AvgIpc) is 3.75. The molecule has 3 atom stereocenters. The quantitative estimate of drug-likeness (QED) is 0.0238. The van der Waals surface area contributed by atoms with E-state index >= 15 is 0 Å². The van der Waals surface area contributed by atoms with Crippen molar-refractivity contribution in [1.82, 2.24) is 0 Å². The molecule has 9 nitrogen and oxygen atoms in total. The van der Waals surface area contributed by atoms with Crippen LogP contribution in [0.4, 0.5) is 0 Å². The molecule has 1 aliphatic heterocycles. The maximum atomic E-state index is 12.3. The maximum Gasteiger partial charge on any atom is 0.469 e. The third kappa shape index (κ3) is 27.6. The van der Waals surface area contributed by atoms with Crippen molar-refractivity contribution in [3.63, 3.8) is 0 Å². The molecule has 0 aliphatic carbocycles. The zero-order valence-electron chi connectivity index (χ0n) is 28.5. The first kappa shape index (κ1) is 41.8. The monoisotopic (exact) mass is 660 g/mol. The van der Waals surface area contributed by atoms with Gasteiger partial charge in [0.25, 0.3) is 0 Å². The molecule has 2 N–H and O–H groups in total. The fourth-order valence-electron chi connectivity index (χ4n) is 5.38. The van der Waals surface area contributed by atoms with Crippen LogP contribution in [0.2, 0.25) is 0 Å². The summed E-state index contributed by atoms with van der Waals surface area (Å²) < 4.78 is 32.0. The van der Waals surface area contributed by atoms with Crippen molar-refractivity contribution in [2.45, 2.75) is 186 Å². The van der Waals surface area contributed by atoms with Gasteiger partial charge in [-0.3, -0.25) is 14.1 Å². The van der Waals surface area contributed by atoms with E-state index in [-0.39, 0.29) is 19.4 Å². The van der Waals surface area contributed by atoms with Crippen LogP contribution in [0.3, 0.4) is 0 Å². The van der Waals surface area contributed by atoms with Crippen LogP contribution in [0.5, 0.6) is 0 Å². The molecule has 1 heterocycles. The van der Waals surface area contributed by atoms with Crippen molar-refractivity contribution < 1.29 is 42.7 Å². The Hall–Kier alpha value is -1.25. The van der Waals surface area contributed by atoms with E-state index in [1.807, 2.05) is 0 Å². The lowest BCUT2D eigenvalue weighted by Gasteiger charge is -2.18. The van der Waals surface area contributed by atoms with Crippen LogP contribution in [-0.4, -0.2) is 53.3 Å². The minimum Gasteiger partial charge on any atom is -0.462 e. The third-order valence-electron chi connectivity index (χ3n) is 8.21. The molecular formula is C35H65O9P. The van der Waals surface area contributed by atoms with Gasteiger partial charge in [-0.2, -0.15) is 0 Å². The second-order valence-corrected chi connectivity index (χ2v) is 13.8. The number of esters is 2. The van der Waals surface area contributed by atoms with Crippen molar-refractivity contribution in [3.8, 4) is 0 Å². The van der Waals surface area contributed by atoms with Gasteiger partial charge in [-0.15, -0.1) is 0 Å². The summed E-state index contributed by atoms with van der Waals surface area (Å²) in [4.78, 5) is 42.6. The Balaban J connectivity index is 2.10. The summed E-state index contributed by atoms with van der Waals surface area (Å²) in [7, 11) is -4.75. The first-order chi connectivity index (χ1) is 21.7. The number of epoxide rings is 1. The van der Waals surface area contributed by atoms with Crippen LogP contribution in [0, 0.1) is 0 Å². The summed E-state index contributed by atoms with van der Waals surface area (Å²) in [6.45, 7) is 3.62. The minimum atomic E-state index is -4.75. The van der Waals surface area contributed by atoms with Gasteiger partial charge in [0.05, 0.1) is 18.8 Å². The SMILES string of the molecule is CCCCCCCCCCCCCC(=O)OC[C@H](COP(=O)(O)O)OC(=O)CCCCCCC/C=C\CC1OC1CCCCC. The Bertz CT molecular complexity index is 813. The molecule has 0 aromatic heterocycles. The highest BCUT2D eigenvalue weighted by Crippen LogP contribution is 2.36. The molecular weight excluding hydrogens is 595 g/mol. The number of hydrogen-bond acceptors (Lipinski definition) is 7. The molecule has 1 rings (SSSR count). The Labute approximate surface area is 273 Å². The summed E-state index contributed by atoms with van der Waals surface area (Å²) in [6, 6.07) is 0. The Kier molecular flexibility index (Phi) is 25.8. The standard InChI is InChI=1S/C35H65O9P/c1-3-5-7-8-9-10-11-12-16-19-23-27-34(36)41-29-31(30-42-45(38,39)40)43-35(37)28-24-20-17-14-13-15-18-22-26-33-32(44-33)25-21-6-4-2/h18,22,31-33H,3-17,19-21,23-30H2,1-2H3,(H2,38,39,40)/b22-18-/t31-,32?,33?/m1/s1. The van der Waals surface area contributed by atoms with E-state index in [1.165, 1.54) is 77.0 Å². The number of carbonyl (C=O) groups excluding carboxylic acids is 2. The average molecular weight is 661 g/mol. The van der Waals surface area contributed by atoms with E-state index < -0.39 is 32.5 Å². The summed E-state index contributed by atoms with van der Waals surface area (Å²) in [5.41, 5.74) is 0. The van der Waals surface area contributed by atoms with E-state index in [9.17, 15) is 14.2 Å². The first-order valence-corrected chi connectivity index (χ1v) is 19.6. The number of allylic oxidation sites excluding steroid dienone is 1. The van der Waals surface area contributed by atoms with Gasteiger partial charge in [-0.05, 0) is 38.5 Å². The molecule has 0 spiro atoms. The van der Waals surface area contributed by atoms with E-state index in [4.69, 9.17) is 24.0 Å². The van der Waals surface area contributed by atoms with E-state index in [0.29, 0.717) is 18.6 Å². The summed E-state index contributed by atoms with van der Waals surface area (Å²) in [6.07, 6.45) is 29.6. The molecule has 0 aromatic carbocycles. The van der Waals surface area contributed by atoms with E-state index in [0.717, 1.165) is 57.8 Å². The van der Waals surface area contributed by atoms with Crippen molar-refractivity contribution in [2.24, 2.45) is 0 Å². The van der Waals surface area contributed by atoms with E-state index in [2.05, 4.69) is 30.5 Å². The predicted molar refractivity (Wildman–Crippen MR) is 179 cm³/mol. The first-order valence-electron chi connectivity index (χ1n) is 18.1. The molecule has 0 bridgehead atoms. The zero-order valence-corrected chi connectivity index (χ0v) is 29.4. The summed E-state index contributed by atoms with van der Waals surface area (Å²) >= 11 is 0. The van der Waals surface area contributed by atoms with Gasteiger partial charge in [0.1, 0.15) is 6.61 Å². The molecule has 0 radical (unpaired) electrons. The Morgan fingerprint density at radius 3 is 1.82 bits per heavy atom. The van der Waals surface area contributed by atoms with Crippen LogP contribution >= 0.6 is 7.82 Å². The second-order valence-electron chi connectivity index (χ2n) is 12.6. The zero-order chi connectivity index (χ0) is 33.0. The molecule has 0 amide bonds.